The Labute approximate surface area is 172 Å². The number of rotatable bonds is 6. The largest absolute Gasteiger partial charge is 0.478 e. The van der Waals surface area contributed by atoms with Crippen LogP contribution in [0.15, 0.2) is 54.6 Å². The molecule has 0 saturated carbocycles. The first-order chi connectivity index (χ1) is 13.8. The molecule has 3 rings (SSSR count). The van der Waals surface area contributed by atoms with E-state index in [1.807, 2.05) is 30.3 Å². The Morgan fingerprint density at radius 3 is 2.45 bits per heavy atom. The number of ether oxygens (including phenoxy) is 1. The second-order valence-electron chi connectivity index (χ2n) is 7.80. The molecule has 0 saturated heterocycles. The van der Waals surface area contributed by atoms with Crippen molar-refractivity contribution in [2.45, 2.75) is 38.8 Å². The third kappa shape index (κ3) is 5.29. The molecule has 0 aliphatic carbocycles. The predicted molar refractivity (Wildman–Crippen MR) is 114 cm³/mol. The van der Waals surface area contributed by atoms with E-state index in [1.54, 1.807) is 24.3 Å². The Morgan fingerprint density at radius 2 is 1.79 bits per heavy atom. The number of nitrogens with one attached hydrogen (secondary N) is 1. The molecule has 6 nitrogen and oxygen atoms in total. The van der Waals surface area contributed by atoms with Gasteiger partial charge in [-0.2, -0.15) is 0 Å². The summed E-state index contributed by atoms with van der Waals surface area (Å²) >= 11 is 0. The topological polar surface area (TPSA) is 75.7 Å². The fraction of sp³-hybridized carbons (Fsp3) is 0.409. The van der Waals surface area contributed by atoms with E-state index in [-0.39, 0.29) is 24.9 Å². The van der Waals surface area contributed by atoms with Gasteiger partial charge in [0.05, 0.1) is 18.0 Å². The molecule has 0 spiro atoms. The van der Waals surface area contributed by atoms with E-state index >= 15 is 0 Å². The van der Waals surface area contributed by atoms with Crippen LogP contribution in [0.25, 0.3) is 0 Å². The Kier molecular flexibility index (Phi) is 6.47. The molecule has 156 valence electrons. The Hall–Kier alpha value is -2.54. The van der Waals surface area contributed by atoms with E-state index in [2.05, 4.69) is 19.2 Å². The molecule has 1 N–H and O–H groups in total. The fourth-order valence-electron chi connectivity index (χ4n) is 3.56. The van der Waals surface area contributed by atoms with Crippen molar-refractivity contribution in [2.24, 2.45) is 5.92 Å². The van der Waals surface area contributed by atoms with Crippen LogP contribution in [-0.2, 0) is 14.8 Å². The van der Waals surface area contributed by atoms with Gasteiger partial charge in [0.15, 0.2) is 6.10 Å². The molecule has 0 unspecified atom stereocenters. The lowest BCUT2D eigenvalue weighted by atomic mass is 9.96. The number of hydrogen-bond donors (Lipinski definition) is 1. The van der Waals surface area contributed by atoms with Gasteiger partial charge in [-0.3, -0.25) is 9.10 Å². The number of para-hydroxylation sites is 2. The van der Waals surface area contributed by atoms with Gasteiger partial charge in [-0.05, 0) is 30.0 Å². The standard InChI is InChI=1S/C22H28N2O4S/c1-16(2)15-18(17-9-5-4-6-10-17)23-22(25)21-13-14-24(29(3,26)27)19-11-7-8-12-20(19)28-21/h4-12,16,18,21H,13-15H2,1-3H3,(H,23,25)/t18-,21-/m0/s1. The number of sulfonamides is 1. The van der Waals surface area contributed by atoms with Crippen LogP contribution in [0.3, 0.4) is 0 Å². The number of nitrogens with zero attached hydrogens (tertiary/aromatic N) is 1. The summed E-state index contributed by atoms with van der Waals surface area (Å²) in [6.07, 6.45) is 1.48. The monoisotopic (exact) mass is 416 g/mol. The molecule has 2 aromatic carbocycles. The van der Waals surface area contributed by atoms with Crippen molar-refractivity contribution < 1.29 is 17.9 Å². The second-order valence-corrected chi connectivity index (χ2v) is 9.71. The molecule has 0 fully saturated rings. The molecule has 1 heterocycles. The summed E-state index contributed by atoms with van der Waals surface area (Å²) in [5.74, 6) is 0.567. The molecule has 2 atom stereocenters. The quantitative estimate of drug-likeness (QED) is 0.782. The third-order valence-electron chi connectivity index (χ3n) is 4.92. The summed E-state index contributed by atoms with van der Waals surface area (Å²) in [5.41, 5.74) is 1.51. The van der Waals surface area contributed by atoms with Gasteiger partial charge >= 0.3 is 0 Å². The molecular weight excluding hydrogens is 388 g/mol. The smallest absolute Gasteiger partial charge is 0.261 e. The zero-order valence-electron chi connectivity index (χ0n) is 17.0. The highest BCUT2D eigenvalue weighted by Gasteiger charge is 2.32. The van der Waals surface area contributed by atoms with Crippen molar-refractivity contribution in [3.8, 4) is 5.75 Å². The number of amides is 1. The van der Waals surface area contributed by atoms with Crippen molar-refractivity contribution in [3.05, 3.63) is 60.2 Å². The SMILES string of the molecule is CC(C)C[C@H](NC(=O)[C@@H]1CCN(S(C)(=O)=O)c2ccccc2O1)c1ccccc1. The molecule has 2 aromatic rings. The van der Waals surface area contributed by atoms with Gasteiger partial charge in [-0.15, -0.1) is 0 Å². The first-order valence-electron chi connectivity index (χ1n) is 9.84. The first kappa shape index (κ1) is 21.2. The first-order valence-corrected chi connectivity index (χ1v) is 11.7. The van der Waals surface area contributed by atoms with Crippen molar-refractivity contribution >= 4 is 21.6 Å². The maximum Gasteiger partial charge on any atom is 0.261 e. The van der Waals surface area contributed by atoms with Gasteiger partial charge < -0.3 is 10.1 Å². The molecule has 1 aliphatic heterocycles. The molecule has 0 bridgehead atoms. The van der Waals surface area contributed by atoms with Gasteiger partial charge in [0.1, 0.15) is 5.75 Å². The fourth-order valence-corrected chi connectivity index (χ4v) is 4.50. The minimum atomic E-state index is -3.47. The van der Waals surface area contributed by atoms with Crippen LogP contribution in [0.1, 0.15) is 38.3 Å². The number of carbonyl (C=O) groups is 1. The van der Waals surface area contributed by atoms with Gasteiger partial charge in [0.25, 0.3) is 5.91 Å². The molecule has 0 radical (unpaired) electrons. The number of benzene rings is 2. The highest BCUT2D eigenvalue weighted by atomic mass is 32.2. The highest BCUT2D eigenvalue weighted by molar-refractivity contribution is 7.92. The lowest BCUT2D eigenvalue weighted by Crippen LogP contribution is -2.41. The predicted octanol–water partition coefficient (Wildman–Crippen LogP) is 3.51. The van der Waals surface area contributed by atoms with Crippen molar-refractivity contribution in [1.82, 2.24) is 5.32 Å². The summed E-state index contributed by atoms with van der Waals surface area (Å²) in [7, 11) is -3.47. The molecule has 29 heavy (non-hydrogen) atoms. The summed E-state index contributed by atoms with van der Waals surface area (Å²) in [6, 6.07) is 16.7. The number of carbonyl (C=O) groups excluding carboxylic acids is 1. The average Bonchev–Trinajstić information content (AvgIpc) is 2.87. The van der Waals surface area contributed by atoms with Crippen LogP contribution < -0.4 is 14.4 Å². The molecule has 7 heteroatoms. The third-order valence-corrected chi connectivity index (χ3v) is 6.10. The van der Waals surface area contributed by atoms with Crippen LogP contribution in [0, 0.1) is 5.92 Å². The lowest BCUT2D eigenvalue weighted by molar-refractivity contribution is -0.129. The van der Waals surface area contributed by atoms with Gasteiger partial charge in [-0.1, -0.05) is 56.3 Å². The van der Waals surface area contributed by atoms with Crippen LogP contribution in [0.4, 0.5) is 5.69 Å². The molecule has 0 aromatic heterocycles. The van der Waals surface area contributed by atoms with Gasteiger partial charge in [0.2, 0.25) is 10.0 Å². The maximum atomic E-state index is 13.1. The summed E-state index contributed by atoms with van der Waals surface area (Å²) in [4.78, 5) is 13.1. The highest BCUT2D eigenvalue weighted by Crippen LogP contribution is 2.34. The van der Waals surface area contributed by atoms with E-state index in [4.69, 9.17) is 4.74 Å². The van der Waals surface area contributed by atoms with Crippen LogP contribution in [-0.4, -0.2) is 33.2 Å². The zero-order chi connectivity index (χ0) is 21.0. The maximum absolute atomic E-state index is 13.1. The van der Waals surface area contributed by atoms with E-state index < -0.39 is 16.1 Å². The minimum Gasteiger partial charge on any atom is -0.478 e. The Bertz CT molecular complexity index is 944. The normalized spacial score (nSPS) is 17.8. The van der Waals surface area contributed by atoms with E-state index in [9.17, 15) is 13.2 Å². The zero-order valence-corrected chi connectivity index (χ0v) is 17.9. The van der Waals surface area contributed by atoms with E-state index in [0.29, 0.717) is 17.4 Å². The summed E-state index contributed by atoms with van der Waals surface area (Å²) in [5, 5.41) is 3.11. The number of hydrogen-bond acceptors (Lipinski definition) is 4. The summed E-state index contributed by atoms with van der Waals surface area (Å²) in [6.45, 7) is 4.42. The Balaban J connectivity index is 1.82. The number of fused-ring (bicyclic) bond motifs is 1. The minimum absolute atomic E-state index is 0.128. The van der Waals surface area contributed by atoms with E-state index in [1.165, 1.54) is 4.31 Å². The molecular formula is C22H28N2O4S. The van der Waals surface area contributed by atoms with Crippen LogP contribution in [0.5, 0.6) is 5.75 Å². The average molecular weight is 417 g/mol. The van der Waals surface area contributed by atoms with Crippen molar-refractivity contribution in [2.75, 3.05) is 17.1 Å². The lowest BCUT2D eigenvalue weighted by Gasteiger charge is -2.24. The molecule has 1 amide bonds. The second kappa shape index (κ2) is 8.86. The van der Waals surface area contributed by atoms with Gasteiger partial charge in [0, 0.05) is 13.0 Å². The molecule has 1 aliphatic rings. The van der Waals surface area contributed by atoms with Gasteiger partial charge in [-0.25, -0.2) is 8.42 Å². The van der Waals surface area contributed by atoms with Crippen LogP contribution in [0.2, 0.25) is 0 Å². The van der Waals surface area contributed by atoms with Crippen molar-refractivity contribution in [3.63, 3.8) is 0 Å². The Morgan fingerprint density at radius 1 is 1.14 bits per heavy atom. The van der Waals surface area contributed by atoms with E-state index in [0.717, 1.165) is 18.2 Å². The number of anilines is 1. The van der Waals surface area contributed by atoms with Crippen molar-refractivity contribution in [1.29, 1.82) is 0 Å². The van der Waals surface area contributed by atoms with Crippen LogP contribution >= 0.6 is 0 Å². The summed E-state index contributed by atoms with van der Waals surface area (Å²) < 4.78 is 31.7.